The second-order valence-corrected chi connectivity index (χ2v) is 5.04. The molecule has 0 radical (unpaired) electrons. The maximum atomic E-state index is 11.8. The van der Waals surface area contributed by atoms with Crippen molar-refractivity contribution in [3.8, 4) is 0 Å². The molecule has 4 nitrogen and oxygen atoms in total. The van der Waals surface area contributed by atoms with E-state index < -0.39 is 0 Å². The molecular formula is C12H13BrN2O2. The largest absolute Gasteiger partial charge is 0.328 e. The second kappa shape index (κ2) is 4.49. The maximum Gasteiger partial charge on any atom is 0.328 e. The van der Waals surface area contributed by atoms with Crippen LogP contribution in [0.4, 0.5) is 10.5 Å². The van der Waals surface area contributed by atoms with Crippen molar-refractivity contribution in [1.82, 2.24) is 5.32 Å². The smallest absolute Gasteiger partial charge is 0.293 e. The molecule has 1 aromatic rings. The lowest BCUT2D eigenvalue weighted by Gasteiger charge is -2.31. The Labute approximate surface area is 108 Å². The van der Waals surface area contributed by atoms with Crippen molar-refractivity contribution in [3.05, 3.63) is 28.2 Å². The second-order valence-electron chi connectivity index (χ2n) is 4.19. The first-order valence-electron chi connectivity index (χ1n) is 5.38. The summed E-state index contributed by atoms with van der Waals surface area (Å²) in [5.41, 5.74) is 1.82. The highest BCUT2D eigenvalue weighted by molar-refractivity contribution is 9.10. The molecule has 0 spiro atoms. The summed E-state index contributed by atoms with van der Waals surface area (Å²) in [6.07, 6.45) is 0. The quantitative estimate of drug-likeness (QED) is 0.865. The fourth-order valence-electron chi connectivity index (χ4n) is 1.83. The van der Waals surface area contributed by atoms with Crippen LogP contribution in [0, 0.1) is 12.8 Å². The highest BCUT2D eigenvalue weighted by Gasteiger charge is 2.30. The van der Waals surface area contributed by atoms with Crippen LogP contribution in [0.15, 0.2) is 22.7 Å². The van der Waals surface area contributed by atoms with E-state index >= 15 is 0 Å². The van der Waals surface area contributed by atoms with Crippen molar-refractivity contribution in [2.75, 3.05) is 11.4 Å². The Morgan fingerprint density at radius 3 is 2.82 bits per heavy atom. The summed E-state index contributed by atoms with van der Waals surface area (Å²) in [6, 6.07) is 5.33. The van der Waals surface area contributed by atoms with E-state index in [9.17, 15) is 9.59 Å². The Hall–Kier alpha value is -1.36. The van der Waals surface area contributed by atoms with E-state index in [0.29, 0.717) is 6.54 Å². The standard InChI is InChI=1S/C12H13BrN2O2/c1-7-6-15(12(17)14-11(7)16)10-5-3-4-9(13)8(10)2/h3-5,7H,6H2,1-2H3,(H,14,16,17). The summed E-state index contributed by atoms with van der Waals surface area (Å²) in [4.78, 5) is 24.8. The molecule has 1 saturated heterocycles. The van der Waals surface area contributed by atoms with Gasteiger partial charge in [0.15, 0.2) is 0 Å². The van der Waals surface area contributed by atoms with E-state index in [0.717, 1.165) is 15.7 Å². The van der Waals surface area contributed by atoms with Crippen LogP contribution >= 0.6 is 15.9 Å². The first kappa shape index (κ1) is 12.1. The van der Waals surface area contributed by atoms with Crippen molar-refractivity contribution >= 4 is 33.6 Å². The molecule has 2 rings (SSSR count). The number of anilines is 1. The predicted molar refractivity (Wildman–Crippen MR) is 68.9 cm³/mol. The number of imide groups is 1. The molecule has 1 atom stereocenters. The van der Waals surface area contributed by atoms with Crippen LogP contribution < -0.4 is 10.2 Å². The molecule has 3 amide bonds. The molecule has 1 aliphatic rings. The molecule has 1 aliphatic heterocycles. The number of hydrogen-bond acceptors (Lipinski definition) is 2. The summed E-state index contributed by atoms with van der Waals surface area (Å²) in [5, 5.41) is 2.36. The van der Waals surface area contributed by atoms with Gasteiger partial charge in [-0.3, -0.25) is 15.0 Å². The first-order valence-corrected chi connectivity index (χ1v) is 6.17. The molecule has 0 bridgehead atoms. The lowest BCUT2D eigenvalue weighted by molar-refractivity contribution is -0.123. The lowest BCUT2D eigenvalue weighted by Crippen LogP contribution is -2.54. The van der Waals surface area contributed by atoms with Gasteiger partial charge in [-0.1, -0.05) is 28.9 Å². The van der Waals surface area contributed by atoms with Crippen molar-refractivity contribution < 1.29 is 9.59 Å². The number of nitrogens with one attached hydrogen (secondary N) is 1. The third-order valence-electron chi connectivity index (χ3n) is 2.91. The molecule has 1 fully saturated rings. The number of urea groups is 1. The number of hydrogen-bond donors (Lipinski definition) is 1. The van der Waals surface area contributed by atoms with E-state index in [4.69, 9.17) is 0 Å². The van der Waals surface area contributed by atoms with E-state index in [-0.39, 0.29) is 17.9 Å². The van der Waals surface area contributed by atoms with Crippen LogP contribution in [0.2, 0.25) is 0 Å². The van der Waals surface area contributed by atoms with Gasteiger partial charge in [0, 0.05) is 16.7 Å². The van der Waals surface area contributed by atoms with Crippen molar-refractivity contribution in [2.24, 2.45) is 5.92 Å². The average molecular weight is 297 g/mol. The van der Waals surface area contributed by atoms with Crippen molar-refractivity contribution in [1.29, 1.82) is 0 Å². The number of amides is 3. The Balaban J connectivity index is 2.36. The number of nitrogens with zero attached hydrogens (tertiary/aromatic N) is 1. The van der Waals surface area contributed by atoms with Crippen LogP contribution in [0.1, 0.15) is 12.5 Å². The zero-order valence-corrected chi connectivity index (χ0v) is 11.2. The zero-order chi connectivity index (χ0) is 12.6. The zero-order valence-electron chi connectivity index (χ0n) is 9.66. The van der Waals surface area contributed by atoms with Crippen LogP contribution in [0.5, 0.6) is 0 Å². The maximum absolute atomic E-state index is 11.8. The summed E-state index contributed by atoms with van der Waals surface area (Å²) in [7, 11) is 0. The van der Waals surface area contributed by atoms with E-state index in [1.165, 1.54) is 0 Å². The van der Waals surface area contributed by atoms with Gasteiger partial charge in [-0.25, -0.2) is 4.79 Å². The first-order chi connectivity index (χ1) is 8.00. The number of halogens is 1. The monoisotopic (exact) mass is 296 g/mol. The van der Waals surface area contributed by atoms with Crippen molar-refractivity contribution in [2.45, 2.75) is 13.8 Å². The molecule has 5 heteroatoms. The van der Waals surface area contributed by atoms with Gasteiger partial charge in [-0.05, 0) is 24.6 Å². The molecule has 1 unspecified atom stereocenters. The Kier molecular flexibility index (Phi) is 3.19. The molecule has 1 heterocycles. The van der Waals surface area contributed by atoms with E-state index in [1.54, 1.807) is 4.90 Å². The fraction of sp³-hybridized carbons (Fsp3) is 0.333. The summed E-state index contributed by atoms with van der Waals surface area (Å²) in [6.45, 7) is 4.16. The van der Waals surface area contributed by atoms with Gasteiger partial charge in [0.25, 0.3) is 0 Å². The third kappa shape index (κ3) is 2.20. The van der Waals surface area contributed by atoms with Gasteiger partial charge in [0.2, 0.25) is 5.91 Å². The summed E-state index contributed by atoms with van der Waals surface area (Å²) >= 11 is 3.43. The minimum absolute atomic E-state index is 0.189. The number of carbonyl (C=O) groups is 2. The van der Waals surface area contributed by atoms with Gasteiger partial charge in [-0.2, -0.15) is 0 Å². The van der Waals surface area contributed by atoms with Gasteiger partial charge in [0.1, 0.15) is 0 Å². The van der Waals surface area contributed by atoms with Crippen LogP contribution in [0.25, 0.3) is 0 Å². The van der Waals surface area contributed by atoms with Crippen LogP contribution in [-0.2, 0) is 4.79 Å². The Bertz CT molecular complexity index is 487. The van der Waals surface area contributed by atoms with Crippen molar-refractivity contribution in [3.63, 3.8) is 0 Å². The third-order valence-corrected chi connectivity index (χ3v) is 3.77. The van der Waals surface area contributed by atoms with E-state index in [1.807, 2.05) is 32.0 Å². The van der Waals surface area contributed by atoms with Gasteiger partial charge >= 0.3 is 6.03 Å². The molecule has 1 aromatic carbocycles. The normalized spacial score (nSPS) is 20.4. The minimum atomic E-state index is -0.352. The molecule has 90 valence electrons. The van der Waals surface area contributed by atoms with Gasteiger partial charge in [-0.15, -0.1) is 0 Å². The number of rotatable bonds is 1. The highest BCUT2D eigenvalue weighted by atomic mass is 79.9. The Morgan fingerprint density at radius 1 is 1.41 bits per heavy atom. The summed E-state index contributed by atoms with van der Waals surface area (Å²) < 4.78 is 0.951. The molecule has 0 saturated carbocycles. The van der Waals surface area contributed by atoms with Crippen LogP contribution in [-0.4, -0.2) is 18.5 Å². The van der Waals surface area contributed by atoms with Crippen LogP contribution in [0.3, 0.4) is 0 Å². The van der Waals surface area contributed by atoms with Gasteiger partial charge in [0.05, 0.1) is 5.92 Å². The summed E-state index contributed by atoms with van der Waals surface area (Å²) in [5.74, 6) is -0.398. The topological polar surface area (TPSA) is 49.4 Å². The molecule has 1 N–H and O–H groups in total. The molecule has 0 aliphatic carbocycles. The van der Waals surface area contributed by atoms with E-state index in [2.05, 4.69) is 21.2 Å². The number of carbonyl (C=O) groups excluding carboxylic acids is 2. The minimum Gasteiger partial charge on any atom is -0.293 e. The molecule has 17 heavy (non-hydrogen) atoms. The Morgan fingerprint density at radius 2 is 2.12 bits per heavy atom. The molecular weight excluding hydrogens is 284 g/mol. The average Bonchev–Trinajstić information content (AvgIpc) is 2.28. The number of benzene rings is 1. The predicted octanol–water partition coefficient (Wildman–Crippen LogP) is 2.45. The fourth-order valence-corrected chi connectivity index (χ4v) is 2.19. The SMILES string of the molecule is Cc1c(Br)cccc1N1CC(C)C(=O)NC1=O. The lowest BCUT2D eigenvalue weighted by atomic mass is 10.1. The molecule has 0 aromatic heterocycles. The van der Waals surface area contributed by atoms with Gasteiger partial charge < -0.3 is 0 Å². The highest BCUT2D eigenvalue weighted by Crippen LogP contribution is 2.28.